The minimum atomic E-state index is -0.765. The summed E-state index contributed by atoms with van der Waals surface area (Å²) in [7, 11) is 1.68. The zero-order valence-electron chi connectivity index (χ0n) is 17.0. The number of rotatable bonds is 8. The van der Waals surface area contributed by atoms with Crippen LogP contribution in [0.25, 0.3) is 11.4 Å². The van der Waals surface area contributed by atoms with E-state index in [4.69, 9.17) is 14.6 Å². The summed E-state index contributed by atoms with van der Waals surface area (Å²) in [5.74, 6) is 0.400. The molecule has 0 bridgehead atoms. The number of carbonyl (C=O) groups excluding carboxylic acids is 1. The van der Waals surface area contributed by atoms with Crippen molar-refractivity contribution in [1.82, 2.24) is 20.0 Å². The zero-order chi connectivity index (χ0) is 21.3. The van der Waals surface area contributed by atoms with Crippen molar-refractivity contribution in [1.29, 1.82) is 0 Å². The van der Waals surface area contributed by atoms with Crippen LogP contribution >= 0.6 is 0 Å². The molecule has 2 aromatic rings. The Morgan fingerprint density at radius 1 is 1.23 bits per heavy atom. The first-order chi connectivity index (χ1) is 14.4. The van der Waals surface area contributed by atoms with Crippen LogP contribution in [0.15, 0.2) is 12.1 Å². The number of aryl methyl sites for hydroxylation is 2. The summed E-state index contributed by atoms with van der Waals surface area (Å²) < 4.78 is 12.5. The van der Waals surface area contributed by atoms with Gasteiger partial charge in [-0.3, -0.25) is 10.1 Å². The van der Waals surface area contributed by atoms with Gasteiger partial charge in [0.15, 0.2) is 11.5 Å². The molecular formula is C20H25N5O5. The SMILES string of the molecule is Cc1nc(-c2nnn(C)c2NC(=O)OCC2CC2)ccc1OC[C@H]1CC[C@@H]1C(=O)O. The van der Waals surface area contributed by atoms with Gasteiger partial charge in [0.1, 0.15) is 5.75 Å². The Morgan fingerprint density at radius 3 is 2.67 bits per heavy atom. The summed E-state index contributed by atoms with van der Waals surface area (Å²) in [6, 6.07) is 3.51. The minimum Gasteiger partial charge on any atom is -0.491 e. The van der Waals surface area contributed by atoms with E-state index in [1.807, 2.05) is 6.92 Å². The largest absolute Gasteiger partial charge is 0.491 e. The third-order valence-electron chi connectivity index (χ3n) is 5.66. The molecule has 0 aromatic carbocycles. The molecule has 2 fully saturated rings. The van der Waals surface area contributed by atoms with E-state index < -0.39 is 12.1 Å². The van der Waals surface area contributed by atoms with Gasteiger partial charge in [0.2, 0.25) is 0 Å². The standard InChI is InChI=1S/C20H25N5O5/c1-11-16(29-10-13-5-6-14(13)19(26)27)8-7-15(21-11)17-18(25(2)24-23-17)22-20(28)30-9-12-3-4-12/h7-8,12-14H,3-6,9-10H2,1-2H3,(H,22,28)(H,26,27)/t13-,14+/m1/s1. The number of carboxylic acid groups (broad SMARTS) is 1. The summed E-state index contributed by atoms with van der Waals surface area (Å²) >= 11 is 0. The molecule has 30 heavy (non-hydrogen) atoms. The lowest BCUT2D eigenvalue weighted by atomic mass is 9.74. The number of amides is 1. The first-order valence-corrected chi connectivity index (χ1v) is 10.1. The van der Waals surface area contributed by atoms with Crippen LogP contribution in [0.5, 0.6) is 5.75 Å². The van der Waals surface area contributed by atoms with Gasteiger partial charge < -0.3 is 14.6 Å². The van der Waals surface area contributed by atoms with Crippen molar-refractivity contribution in [3.05, 3.63) is 17.8 Å². The smallest absolute Gasteiger partial charge is 0.412 e. The monoisotopic (exact) mass is 415 g/mol. The van der Waals surface area contributed by atoms with Gasteiger partial charge in [0, 0.05) is 13.0 Å². The number of carboxylic acids is 1. The van der Waals surface area contributed by atoms with Crippen molar-refractivity contribution in [3.8, 4) is 17.1 Å². The van der Waals surface area contributed by atoms with Gasteiger partial charge in [-0.1, -0.05) is 5.21 Å². The van der Waals surface area contributed by atoms with Crippen molar-refractivity contribution >= 4 is 17.9 Å². The van der Waals surface area contributed by atoms with Crippen molar-refractivity contribution in [2.24, 2.45) is 24.8 Å². The number of nitrogens with zero attached hydrogens (tertiary/aromatic N) is 4. The summed E-state index contributed by atoms with van der Waals surface area (Å²) in [5, 5.41) is 19.9. The Kier molecular flexibility index (Phi) is 5.56. The Morgan fingerprint density at radius 2 is 2.03 bits per heavy atom. The zero-order valence-corrected chi connectivity index (χ0v) is 17.0. The molecule has 160 valence electrons. The van der Waals surface area contributed by atoms with Crippen molar-refractivity contribution < 1.29 is 24.2 Å². The topological polar surface area (TPSA) is 128 Å². The molecule has 2 heterocycles. The van der Waals surface area contributed by atoms with E-state index in [-0.39, 0.29) is 11.8 Å². The van der Waals surface area contributed by atoms with Crippen LogP contribution < -0.4 is 10.1 Å². The quantitative estimate of drug-likeness (QED) is 0.673. The van der Waals surface area contributed by atoms with Crippen LogP contribution in [0.4, 0.5) is 10.6 Å². The number of nitrogens with one attached hydrogen (secondary N) is 1. The molecule has 0 spiro atoms. The fourth-order valence-corrected chi connectivity index (χ4v) is 3.40. The molecule has 1 amide bonds. The van der Waals surface area contributed by atoms with Gasteiger partial charge >= 0.3 is 12.1 Å². The van der Waals surface area contributed by atoms with Crippen LogP contribution in [0.1, 0.15) is 31.4 Å². The van der Waals surface area contributed by atoms with Gasteiger partial charge in [0.25, 0.3) is 0 Å². The maximum absolute atomic E-state index is 12.1. The van der Waals surface area contributed by atoms with Gasteiger partial charge in [-0.2, -0.15) is 0 Å². The molecule has 2 aliphatic carbocycles. The number of pyridine rings is 1. The van der Waals surface area contributed by atoms with E-state index in [1.54, 1.807) is 19.2 Å². The number of carbonyl (C=O) groups is 2. The van der Waals surface area contributed by atoms with E-state index in [1.165, 1.54) is 4.68 Å². The minimum absolute atomic E-state index is 0.0269. The number of anilines is 1. The number of hydrogen-bond acceptors (Lipinski definition) is 7. The lowest BCUT2D eigenvalue weighted by molar-refractivity contribution is -0.148. The van der Waals surface area contributed by atoms with E-state index >= 15 is 0 Å². The molecule has 2 atom stereocenters. The van der Waals surface area contributed by atoms with Crippen molar-refractivity contribution in [3.63, 3.8) is 0 Å². The molecule has 0 unspecified atom stereocenters. The van der Waals surface area contributed by atoms with Crippen LogP contribution in [-0.2, 0) is 16.6 Å². The summed E-state index contributed by atoms with van der Waals surface area (Å²) in [6.07, 6.45) is 3.21. The summed E-state index contributed by atoms with van der Waals surface area (Å²) in [5.41, 5.74) is 1.62. The van der Waals surface area contributed by atoms with Gasteiger partial charge in [-0.05, 0) is 50.7 Å². The maximum Gasteiger partial charge on any atom is 0.412 e. The fraction of sp³-hybridized carbons (Fsp3) is 0.550. The lowest BCUT2D eigenvalue weighted by Gasteiger charge is -2.33. The van der Waals surface area contributed by atoms with Crippen LogP contribution in [0.3, 0.4) is 0 Å². The second-order valence-electron chi connectivity index (χ2n) is 7.95. The highest BCUT2D eigenvalue weighted by molar-refractivity contribution is 5.88. The third-order valence-corrected chi connectivity index (χ3v) is 5.66. The molecule has 2 N–H and O–H groups in total. The van der Waals surface area contributed by atoms with E-state index in [0.717, 1.165) is 19.3 Å². The second kappa shape index (κ2) is 8.29. The van der Waals surface area contributed by atoms with Crippen LogP contribution in [-0.4, -0.2) is 50.4 Å². The first-order valence-electron chi connectivity index (χ1n) is 10.1. The second-order valence-corrected chi connectivity index (χ2v) is 7.95. The highest BCUT2D eigenvalue weighted by atomic mass is 16.5. The van der Waals surface area contributed by atoms with E-state index in [9.17, 15) is 9.59 Å². The number of aliphatic carboxylic acids is 1. The molecule has 0 saturated heterocycles. The fourth-order valence-electron chi connectivity index (χ4n) is 3.40. The predicted octanol–water partition coefficient (Wildman–Crippen LogP) is 2.63. The van der Waals surface area contributed by atoms with Gasteiger partial charge in [-0.15, -0.1) is 5.10 Å². The van der Waals surface area contributed by atoms with E-state index in [0.29, 0.717) is 54.2 Å². The Bertz CT molecular complexity index is 955. The average Bonchev–Trinajstić information content (AvgIpc) is 3.44. The van der Waals surface area contributed by atoms with Gasteiger partial charge in [0.05, 0.1) is 30.5 Å². The summed E-state index contributed by atoms with van der Waals surface area (Å²) in [6.45, 7) is 2.57. The molecule has 2 aromatic heterocycles. The molecule has 10 nitrogen and oxygen atoms in total. The van der Waals surface area contributed by atoms with E-state index in [2.05, 4.69) is 20.6 Å². The average molecular weight is 415 g/mol. The predicted molar refractivity (Wildman–Crippen MR) is 106 cm³/mol. The number of hydrogen-bond donors (Lipinski definition) is 2. The lowest BCUT2D eigenvalue weighted by Crippen LogP contribution is -2.36. The molecule has 4 rings (SSSR count). The maximum atomic E-state index is 12.1. The van der Waals surface area contributed by atoms with Crippen molar-refractivity contribution in [2.45, 2.75) is 32.6 Å². The number of ether oxygens (including phenoxy) is 2. The van der Waals surface area contributed by atoms with Crippen LogP contribution in [0.2, 0.25) is 0 Å². The molecule has 2 aliphatic rings. The molecule has 0 aliphatic heterocycles. The Balaban J connectivity index is 1.42. The summed E-state index contributed by atoms with van der Waals surface area (Å²) in [4.78, 5) is 27.7. The highest BCUT2D eigenvalue weighted by Gasteiger charge is 2.37. The number of aromatic nitrogens is 4. The normalized spacial score (nSPS) is 20.3. The Hall–Kier alpha value is -3.17. The first kappa shape index (κ1) is 20.1. The van der Waals surface area contributed by atoms with Crippen LogP contribution in [0, 0.1) is 24.7 Å². The molecule has 0 radical (unpaired) electrons. The highest BCUT2D eigenvalue weighted by Crippen LogP contribution is 2.35. The Labute approximate surface area is 173 Å². The third kappa shape index (κ3) is 4.37. The molecule has 10 heteroatoms. The van der Waals surface area contributed by atoms with Crippen molar-refractivity contribution in [2.75, 3.05) is 18.5 Å². The van der Waals surface area contributed by atoms with Gasteiger partial charge in [-0.25, -0.2) is 14.5 Å². The molecular weight excluding hydrogens is 390 g/mol. The molecule has 2 saturated carbocycles.